The highest BCUT2D eigenvalue weighted by molar-refractivity contribution is 6.03. The number of carbonyl (C=O) groups excluding carboxylic acids is 1. The molecule has 2 aliphatic carbocycles. The van der Waals surface area contributed by atoms with Crippen LogP contribution in [0, 0.1) is 5.41 Å². The molecule has 1 spiro atoms. The van der Waals surface area contributed by atoms with Gasteiger partial charge in [0.05, 0.1) is 0 Å². The van der Waals surface area contributed by atoms with Crippen molar-refractivity contribution in [3.8, 4) is 0 Å². The highest BCUT2D eigenvalue weighted by atomic mass is 16.6. The van der Waals surface area contributed by atoms with Crippen LogP contribution in [0.5, 0.6) is 0 Å². The Bertz CT molecular complexity index is 936. The number of nitrogens with one attached hydrogen (secondary N) is 3. The minimum Gasteiger partial charge on any atom is -0.444 e. The molecule has 0 aromatic carbocycles. The van der Waals surface area contributed by atoms with Gasteiger partial charge in [-0.1, -0.05) is 13.0 Å². The van der Waals surface area contributed by atoms with Gasteiger partial charge < -0.3 is 20.3 Å². The molecule has 0 atom stereocenters. The molecular weight excluding hydrogens is 416 g/mol. The molecule has 1 saturated heterocycles. The molecule has 3 fully saturated rings. The molecule has 3 N–H and O–H groups in total. The van der Waals surface area contributed by atoms with E-state index in [-0.39, 0.29) is 11.5 Å². The number of amidine groups is 1. The van der Waals surface area contributed by atoms with Gasteiger partial charge >= 0.3 is 6.09 Å². The third-order valence-corrected chi connectivity index (χ3v) is 6.25. The van der Waals surface area contributed by atoms with Gasteiger partial charge in [-0.2, -0.15) is 5.10 Å². The minimum atomic E-state index is -0.449. The van der Waals surface area contributed by atoms with E-state index >= 15 is 0 Å². The topological polar surface area (TPSA) is 94.6 Å². The molecule has 4 rings (SSSR count). The normalized spacial score (nSPS) is 21.2. The lowest BCUT2D eigenvalue weighted by Gasteiger charge is -2.58. The maximum Gasteiger partial charge on any atom is 0.410 e. The second-order valence-corrected chi connectivity index (χ2v) is 10.7. The number of amides is 1. The zero-order chi connectivity index (χ0) is 23.6. The minimum absolute atomic E-state index is 0.203. The number of aromatic nitrogens is 2. The van der Waals surface area contributed by atoms with Crippen LogP contribution in [0.1, 0.15) is 78.3 Å². The van der Waals surface area contributed by atoms with E-state index in [2.05, 4.69) is 39.9 Å². The number of H-pyrrole nitrogens is 1. The molecule has 1 aliphatic heterocycles. The molecule has 180 valence electrons. The zero-order valence-electron chi connectivity index (χ0n) is 20.6. The largest absolute Gasteiger partial charge is 0.444 e. The van der Waals surface area contributed by atoms with Gasteiger partial charge in [-0.05, 0) is 72.0 Å². The number of anilines is 1. The van der Waals surface area contributed by atoms with Gasteiger partial charge in [-0.3, -0.25) is 5.10 Å². The van der Waals surface area contributed by atoms with Crippen LogP contribution >= 0.6 is 0 Å². The standard InChI is InChI=1S/C25H38N6O2/c1-6-8-20(27-21(9-7-2)28-22-12-19(29-30-22)17-10-11-17)26-18-13-25(14-18)15-31(16-25)23(32)33-24(3,4)5/h7-9,12,17-18,26H,6,10-11,13-16H2,1-5H3,(H2,27,28,29,30)/b9-7-,20-8+. The van der Waals surface area contributed by atoms with E-state index < -0.39 is 5.60 Å². The molecule has 0 radical (unpaired) electrons. The summed E-state index contributed by atoms with van der Waals surface area (Å²) < 4.78 is 5.48. The summed E-state index contributed by atoms with van der Waals surface area (Å²) in [7, 11) is 0. The number of ether oxygens (including phenoxy) is 1. The van der Waals surface area contributed by atoms with Crippen LogP contribution in [0.25, 0.3) is 0 Å². The number of carbonyl (C=O) groups is 1. The van der Waals surface area contributed by atoms with Crippen molar-refractivity contribution in [2.45, 2.75) is 84.3 Å². The highest BCUT2D eigenvalue weighted by Gasteiger charge is 2.54. The molecule has 8 nitrogen and oxygen atoms in total. The Morgan fingerprint density at radius 2 is 2.09 bits per heavy atom. The van der Waals surface area contributed by atoms with Crippen molar-refractivity contribution < 1.29 is 9.53 Å². The Morgan fingerprint density at radius 1 is 1.36 bits per heavy atom. The smallest absolute Gasteiger partial charge is 0.410 e. The summed E-state index contributed by atoms with van der Waals surface area (Å²) in [5.74, 6) is 3.06. The molecular formula is C25H38N6O2. The third-order valence-electron chi connectivity index (χ3n) is 6.25. The summed E-state index contributed by atoms with van der Waals surface area (Å²) in [6.07, 6.45) is 11.3. The summed E-state index contributed by atoms with van der Waals surface area (Å²) in [4.78, 5) is 18.9. The van der Waals surface area contributed by atoms with E-state index in [1.807, 2.05) is 44.7 Å². The SMILES string of the molecule is C\C=C/C(=N/C(=C/CC)NC1CC2(C1)CN(C(=O)OC(C)(C)C)C2)Nc1cc(C2CC2)[nH]n1. The summed E-state index contributed by atoms with van der Waals surface area (Å²) in [5.41, 5.74) is 0.976. The molecule has 1 amide bonds. The predicted octanol–water partition coefficient (Wildman–Crippen LogP) is 4.91. The fraction of sp³-hybridized carbons (Fsp3) is 0.640. The average molecular weight is 455 g/mol. The Balaban J connectivity index is 1.31. The summed E-state index contributed by atoms with van der Waals surface area (Å²) in [5, 5.41) is 14.5. The van der Waals surface area contributed by atoms with Crippen LogP contribution in [-0.4, -0.2) is 51.8 Å². The van der Waals surface area contributed by atoms with Gasteiger partial charge in [-0.15, -0.1) is 0 Å². The number of allylic oxidation sites excluding steroid dienone is 2. The van der Waals surface area contributed by atoms with Crippen LogP contribution in [0.4, 0.5) is 10.6 Å². The van der Waals surface area contributed by atoms with Crippen LogP contribution in [0.15, 0.2) is 35.1 Å². The second-order valence-electron chi connectivity index (χ2n) is 10.7. The second kappa shape index (κ2) is 9.23. The van der Waals surface area contributed by atoms with E-state index in [0.717, 1.165) is 49.8 Å². The molecule has 2 heterocycles. The molecule has 1 aromatic heterocycles. The number of hydrogen-bond acceptors (Lipinski definition) is 5. The van der Waals surface area contributed by atoms with Gasteiger partial charge in [0.1, 0.15) is 17.3 Å². The van der Waals surface area contributed by atoms with E-state index in [1.54, 1.807) is 0 Å². The maximum absolute atomic E-state index is 12.2. The van der Waals surface area contributed by atoms with Gasteiger partial charge in [-0.25, -0.2) is 9.79 Å². The first-order chi connectivity index (χ1) is 15.7. The van der Waals surface area contributed by atoms with Crippen molar-refractivity contribution in [3.05, 3.63) is 35.8 Å². The quantitative estimate of drug-likeness (QED) is 0.402. The van der Waals surface area contributed by atoms with E-state index in [1.165, 1.54) is 18.5 Å². The third kappa shape index (κ3) is 5.97. The lowest BCUT2D eigenvalue weighted by atomic mass is 9.61. The first kappa shape index (κ1) is 23.4. The molecule has 2 saturated carbocycles. The van der Waals surface area contributed by atoms with E-state index in [9.17, 15) is 4.79 Å². The fourth-order valence-corrected chi connectivity index (χ4v) is 4.63. The Hall–Kier alpha value is -2.77. The van der Waals surface area contributed by atoms with Crippen molar-refractivity contribution in [1.29, 1.82) is 0 Å². The zero-order valence-corrected chi connectivity index (χ0v) is 20.6. The summed E-state index contributed by atoms with van der Waals surface area (Å²) >= 11 is 0. The number of aromatic amines is 1. The van der Waals surface area contributed by atoms with Crippen molar-refractivity contribution >= 4 is 17.7 Å². The maximum atomic E-state index is 12.2. The van der Waals surface area contributed by atoms with Crippen LogP contribution in [0.2, 0.25) is 0 Å². The highest BCUT2D eigenvalue weighted by Crippen LogP contribution is 2.49. The molecule has 33 heavy (non-hydrogen) atoms. The number of aliphatic imine (C=N–C) groups is 1. The molecule has 0 unspecified atom stereocenters. The first-order valence-corrected chi connectivity index (χ1v) is 12.2. The van der Waals surface area contributed by atoms with Gasteiger partial charge in [0.25, 0.3) is 0 Å². The van der Waals surface area contributed by atoms with Crippen LogP contribution in [0.3, 0.4) is 0 Å². The average Bonchev–Trinajstić information content (AvgIpc) is 3.40. The van der Waals surface area contributed by atoms with Crippen molar-refractivity contribution in [1.82, 2.24) is 20.4 Å². The van der Waals surface area contributed by atoms with Crippen LogP contribution in [-0.2, 0) is 4.74 Å². The number of hydrogen-bond donors (Lipinski definition) is 3. The Kier molecular flexibility index (Phi) is 6.54. The predicted molar refractivity (Wildman–Crippen MR) is 131 cm³/mol. The Labute approximate surface area is 196 Å². The summed E-state index contributed by atoms with van der Waals surface area (Å²) in [6, 6.07) is 2.45. The lowest BCUT2D eigenvalue weighted by molar-refractivity contribution is -0.0813. The molecule has 0 bridgehead atoms. The van der Waals surface area contributed by atoms with Gasteiger partial charge in [0, 0.05) is 42.2 Å². The van der Waals surface area contributed by atoms with Gasteiger partial charge in [0.2, 0.25) is 0 Å². The van der Waals surface area contributed by atoms with E-state index in [4.69, 9.17) is 9.73 Å². The number of nitrogens with zero attached hydrogens (tertiary/aromatic N) is 3. The summed E-state index contributed by atoms with van der Waals surface area (Å²) in [6.45, 7) is 11.4. The lowest BCUT2D eigenvalue weighted by Crippen LogP contribution is -2.67. The van der Waals surface area contributed by atoms with Crippen LogP contribution < -0.4 is 10.6 Å². The number of likely N-dealkylation sites (tertiary alicyclic amines) is 1. The fourth-order valence-electron chi connectivity index (χ4n) is 4.63. The molecule has 8 heteroatoms. The number of rotatable bonds is 7. The monoisotopic (exact) mass is 454 g/mol. The van der Waals surface area contributed by atoms with E-state index in [0.29, 0.717) is 12.0 Å². The van der Waals surface area contributed by atoms with Crippen molar-refractivity contribution in [2.75, 3.05) is 18.4 Å². The van der Waals surface area contributed by atoms with Crippen molar-refractivity contribution in [2.24, 2.45) is 10.4 Å². The molecule has 1 aromatic rings. The van der Waals surface area contributed by atoms with Crippen molar-refractivity contribution in [3.63, 3.8) is 0 Å². The Morgan fingerprint density at radius 3 is 2.70 bits per heavy atom. The first-order valence-electron chi connectivity index (χ1n) is 12.2. The van der Waals surface area contributed by atoms with Gasteiger partial charge in [0.15, 0.2) is 5.82 Å². The molecule has 3 aliphatic rings.